The zero-order valence-electron chi connectivity index (χ0n) is 17.8. The highest BCUT2D eigenvalue weighted by molar-refractivity contribution is 6.21. The SMILES string of the molecule is CCN1C(=Cc2ccc3c(c2)c2ccccc2n3-c2ccccc2)C(=O)c2ccccc21. The minimum absolute atomic E-state index is 0.0919. The Morgan fingerprint density at radius 2 is 1.47 bits per heavy atom. The van der Waals surface area contributed by atoms with Gasteiger partial charge in [0, 0.05) is 28.6 Å². The molecule has 4 aromatic carbocycles. The molecule has 0 aliphatic carbocycles. The molecule has 1 aliphatic rings. The molecule has 0 atom stereocenters. The molecule has 0 bridgehead atoms. The van der Waals surface area contributed by atoms with Crippen molar-refractivity contribution in [1.29, 1.82) is 0 Å². The van der Waals surface area contributed by atoms with E-state index >= 15 is 0 Å². The summed E-state index contributed by atoms with van der Waals surface area (Å²) < 4.78 is 2.30. The molecule has 0 unspecified atom stereocenters. The molecule has 0 fully saturated rings. The summed E-state index contributed by atoms with van der Waals surface area (Å²) in [7, 11) is 0. The number of Topliss-reactive ketones (excluding diaryl/α,β-unsaturated/α-hetero) is 1. The Hall–Kier alpha value is -4.11. The number of para-hydroxylation sites is 3. The molecule has 154 valence electrons. The van der Waals surface area contributed by atoms with E-state index in [2.05, 4.69) is 83.1 Å². The van der Waals surface area contributed by atoms with Gasteiger partial charge in [-0.25, -0.2) is 0 Å². The highest BCUT2D eigenvalue weighted by atomic mass is 16.1. The molecule has 1 aromatic heterocycles. The zero-order valence-corrected chi connectivity index (χ0v) is 17.8. The lowest BCUT2D eigenvalue weighted by Crippen LogP contribution is -2.19. The number of aromatic nitrogens is 1. The molecule has 3 heteroatoms. The van der Waals surface area contributed by atoms with Crippen LogP contribution in [0.2, 0.25) is 0 Å². The first-order valence-electron chi connectivity index (χ1n) is 11.0. The first-order valence-corrected chi connectivity index (χ1v) is 11.0. The number of nitrogens with zero attached hydrogens (tertiary/aromatic N) is 2. The molecule has 0 amide bonds. The largest absolute Gasteiger partial charge is 0.338 e. The fourth-order valence-corrected chi connectivity index (χ4v) is 4.87. The Labute approximate surface area is 186 Å². The monoisotopic (exact) mass is 414 g/mol. The van der Waals surface area contributed by atoms with E-state index in [0.717, 1.165) is 40.3 Å². The molecule has 0 saturated heterocycles. The minimum Gasteiger partial charge on any atom is -0.338 e. The second kappa shape index (κ2) is 7.24. The van der Waals surface area contributed by atoms with Crippen molar-refractivity contribution in [3.8, 4) is 5.69 Å². The van der Waals surface area contributed by atoms with Crippen molar-refractivity contribution < 1.29 is 4.79 Å². The highest BCUT2D eigenvalue weighted by Gasteiger charge is 2.30. The summed E-state index contributed by atoms with van der Waals surface area (Å²) in [4.78, 5) is 15.2. The van der Waals surface area contributed by atoms with Crippen LogP contribution in [0, 0.1) is 0 Å². The number of hydrogen-bond acceptors (Lipinski definition) is 2. The van der Waals surface area contributed by atoms with Crippen LogP contribution >= 0.6 is 0 Å². The van der Waals surface area contributed by atoms with Gasteiger partial charge >= 0.3 is 0 Å². The molecule has 0 N–H and O–H groups in total. The number of likely N-dealkylation sites (N-methyl/N-ethyl adjacent to an activating group) is 1. The predicted octanol–water partition coefficient (Wildman–Crippen LogP) is 6.85. The average Bonchev–Trinajstić information content (AvgIpc) is 3.31. The Morgan fingerprint density at radius 1 is 0.750 bits per heavy atom. The van der Waals surface area contributed by atoms with Crippen LogP contribution in [-0.4, -0.2) is 16.9 Å². The van der Waals surface area contributed by atoms with Crippen LogP contribution < -0.4 is 4.90 Å². The molecule has 0 radical (unpaired) electrons. The quantitative estimate of drug-likeness (QED) is 0.302. The summed E-state index contributed by atoms with van der Waals surface area (Å²) in [5.74, 6) is 0.0919. The second-order valence-corrected chi connectivity index (χ2v) is 8.08. The molecular weight excluding hydrogens is 392 g/mol. The first-order chi connectivity index (χ1) is 15.8. The number of hydrogen-bond donors (Lipinski definition) is 0. The number of anilines is 1. The Kier molecular flexibility index (Phi) is 4.22. The summed E-state index contributed by atoms with van der Waals surface area (Å²) in [5, 5.41) is 2.39. The maximum atomic E-state index is 13.1. The maximum Gasteiger partial charge on any atom is 0.211 e. The molecular formula is C29H22N2O. The topological polar surface area (TPSA) is 25.2 Å². The van der Waals surface area contributed by atoms with Gasteiger partial charge in [0.25, 0.3) is 0 Å². The van der Waals surface area contributed by atoms with E-state index in [-0.39, 0.29) is 5.78 Å². The average molecular weight is 415 g/mol. The number of carbonyl (C=O) groups is 1. The summed E-state index contributed by atoms with van der Waals surface area (Å²) >= 11 is 0. The van der Waals surface area contributed by atoms with Gasteiger partial charge in [-0.15, -0.1) is 0 Å². The fraction of sp³-hybridized carbons (Fsp3) is 0.0690. The molecule has 32 heavy (non-hydrogen) atoms. The van der Waals surface area contributed by atoms with E-state index in [0.29, 0.717) is 0 Å². The lowest BCUT2D eigenvalue weighted by molar-refractivity contribution is 0.104. The van der Waals surface area contributed by atoms with Crippen molar-refractivity contribution in [2.75, 3.05) is 11.4 Å². The predicted molar refractivity (Wildman–Crippen MR) is 133 cm³/mol. The smallest absolute Gasteiger partial charge is 0.211 e. The van der Waals surface area contributed by atoms with Gasteiger partial charge in [-0.05, 0) is 61.0 Å². The van der Waals surface area contributed by atoms with Gasteiger partial charge in [0.2, 0.25) is 5.78 Å². The van der Waals surface area contributed by atoms with Crippen molar-refractivity contribution >= 4 is 39.4 Å². The van der Waals surface area contributed by atoms with Crippen molar-refractivity contribution in [3.05, 3.63) is 114 Å². The summed E-state index contributed by atoms with van der Waals surface area (Å²) in [6.45, 7) is 2.84. The lowest BCUT2D eigenvalue weighted by Gasteiger charge is -2.18. The molecule has 1 aliphatic heterocycles. The van der Waals surface area contributed by atoms with Gasteiger partial charge in [-0.2, -0.15) is 0 Å². The Morgan fingerprint density at radius 3 is 2.31 bits per heavy atom. The van der Waals surface area contributed by atoms with E-state index < -0.39 is 0 Å². The van der Waals surface area contributed by atoms with E-state index in [4.69, 9.17) is 0 Å². The molecule has 0 spiro atoms. The van der Waals surface area contributed by atoms with E-state index in [1.54, 1.807) is 0 Å². The number of allylic oxidation sites excluding steroid dienone is 1. The van der Waals surface area contributed by atoms with Crippen LogP contribution in [0.5, 0.6) is 0 Å². The van der Waals surface area contributed by atoms with E-state index in [1.807, 2.05) is 36.4 Å². The lowest BCUT2D eigenvalue weighted by atomic mass is 10.1. The normalized spacial score (nSPS) is 14.6. The van der Waals surface area contributed by atoms with Gasteiger partial charge in [0.1, 0.15) is 0 Å². The number of benzene rings is 4. The summed E-state index contributed by atoms with van der Waals surface area (Å²) in [6, 6.07) is 33.3. The molecule has 3 nitrogen and oxygen atoms in total. The number of carbonyl (C=O) groups excluding carboxylic acids is 1. The van der Waals surface area contributed by atoms with Crippen molar-refractivity contribution in [2.24, 2.45) is 0 Å². The summed E-state index contributed by atoms with van der Waals surface area (Å²) in [6.07, 6.45) is 2.03. The van der Waals surface area contributed by atoms with Crippen LogP contribution in [0.15, 0.2) is 103 Å². The van der Waals surface area contributed by atoms with Crippen molar-refractivity contribution in [3.63, 3.8) is 0 Å². The fourth-order valence-electron chi connectivity index (χ4n) is 4.87. The van der Waals surface area contributed by atoms with E-state index in [9.17, 15) is 4.79 Å². The van der Waals surface area contributed by atoms with Crippen molar-refractivity contribution in [2.45, 2.75) is 6.92 Å². The number of ketones is 1. The Bertz CT molecular complexity index is 1530. The minimum atomic E-state index is 0.0919. The van der Waals surface area contributed by atoms with Gasteiger partial charge in [0.15, 0.2) is 0 Å². The molecule has 2 heterocycles. The van der Waals surface area contributed by atoms with E-state index in [1.165, 1.54) is 16.3 Å². The first kappa shape index (κ1) is 18.6. The van der Waals surface area contributed by atoms with Crippen LogP contribution in [0.1, 0.15) is 22.8 Å². The summed E-state index contributed by atoms with van der Waals surface area (Å²) in [5.41, 5.74) is 7.02. The van der Waals surface area contributed by atoms with Crippen LogP contribution in [0.4, 0.5) is 5.69 Å². The van der Waals surface area contributed by atoms with Crippen molar-refractivity contribution in [1.82, 2.24) is 4.57 Å². The second-order valence-electron chi connectivity index (χ2n) is 8.08. The molecule has 5 aromatic rings. The highest BCUT2D eigenvalue weighted by Crippen LogP contribution is 2.36. The maximum absolute atomic E-state index is 13.1. The third-order valence-electron chi connectivity index (χ3n) is 6.29. The van der Waals surface area contributed by atoms with Gasteiger partial charge in [0.05, 0.1) is 22.4 Å². The molecule has 6 rings (SSSR count). The van der Waals surface area contributed by atoms with Gasteiger partial charge < -0.3 is 9.47 Å². The van der Waals surface area contributed by atoms with Gasteiger partial charge in [-0.1, -0.05) is 54.6 Å². The van der Waals surface area contributed by atoms with Gasteiger partial charge in [-0.3, -0.25) is 4.79 Å². The standard InChI is InChI=1S/C29H22N2O/c1-2-30-25-14-8-7-13-23(25)29(32)28(30)19-20-16-17-27-24(18-20)22-12-6-9-15-26(22)31(27)21-10-4-3-5-11-21/h3-19H,2H2,1H3. The number of rotatable bonds is 3. The Balaban J connectivity index is 1.55. The third-order valence-corrected chi connectivity index (χ3v) is 6.29. The van der Waals surface area contributed by atoms with Crippen LogP contribution in [0.3, 0.4) is 0 Å². The van der Waals surface area contributed by atoms with Crippen LogP contribution in [-0.2, 0) is 0 Å². The molecule has 0 saturated carbocycles. The third kappa shape index (κ3) is 2.71. The van der Waals surface area contributed by atoms with Crippen LogP contribution in [0.25, 0.3) is 33.6 Å². The zero-order chi connectivity index (χ0) is 21.7. The number of fused-ring (bicyclic) bond motifs is 4.